The Labute approximate surface area is 171 Å². The number of nitriles is 1. The molecule has 0 unspecified atom stereocenters. The Hall–Kier alpha value is -2.72. The third kappa shape index (κ3) is 3.32. The van der Waals surface area contributed by atoms with Crippen molar-refractivity contribution >= 4 is 38.7 Å². The van der Waals surface area contributed by atoms with Crippen molar-refractivity contribution in [1.82, 2.24) is 33.8 Å². The van der Waals surface area contributed by atoms with Crippen LogP contribution in [0.1, 0.15) is 6.42 Å². The predicted octanol–water partition coefficient (Wildman–Crippen LogP) is 0.401. The first kappa shape index (κ1) is 19.6. The Morgan fingerprint density at radius 2 is 2.21 bits per heavy atom. The van der Waals surface area contributed by atoms with Gasteiger partial charge in [0.15, 0.2) is 5.82 Å². The van der Waals surface area contributed by atoms with Gasteiger partial charge in [0.25, 0.3) is 10.2 Å². The molecule has 0 aromatic carbocycles. The monoisotopic (exact) mass is 435 g/mol. The van der Waals surface area contributed by atoms with Crippen molar-refractivity contribution in [1.29, 1.82) is 5.26 Å². The van der Waals surface area contributed by atoms with Crippen molar-refractivity contribution in [3.05, 3.63) is 24.8 Å². The maximum absolute atomic E-state index is 12.3. The van der Waals surface area contributed by atoms with E-state index < -0.39 is 15.7 Å². The average Bonchev–Trinajstić information content (AvgIpc) is 3.29. The molecule has 4 N–H and O–H groups in total. The molecule has 3 aromatic rings. The zero-order valence-corrected chi connectivity index (χ0v) is 16.8. The highest BCUT2D eigenvalue weighted by Crippen LogP contribution is 2.37. The quantitative estimate of drug-likeness (QED) is 0.453. The number of H-pyrrole nitrogens is 1. The van der Waals surface area contributed by atoms with Crippen LogP contribution in [0.5, 0.6) is 0 Å². The molecule has 1 aliphatic rings. The second-order valence-corrected chi connectivity index (χ2v) is 8.88. The third-order valence-corrected chi connectivity index (χ3v) is 6.60. The van der Waals surface area contributed by atoms with E-state index in [9.17, 15) is 13.7 Å². The molecular weight excluding hydrogens is 418 g/mol. The van der Waals surface area contributed by atoms with Gasteiger partial charge in [-0.2, -0.15) is 23.1 Å². The van der Waals surface area contributed by atoms with Crippen molar-refractivity contribution < 1.29 is 8.42 Å². The van der Waals surface area contributed by atoms with Gasteiger partial charge in [-0.3, -0.25) is 4.68 Å². The Balaban J connectivity index is 1.67. The van der Waals surface area contributed by atoms with Gasteiger partial charge < -0.3 is 10.7 Å². The van der Waals surface area contributed by atoms with Gasteiger partial charge >= 0.3 is 0 Å². The molecule has 0 amide bonds. The number of nitrogen functional groups attached to an aromatic ring is 1. The van der Waals surface area contributed by atoms with Crippen LogP contribution in [0.25, 0.3) is 22.3 Å². The van der Waals surface area contributed by atoms with Crippen molar-refractivity contribution in [2.75, 3.05) is 31.2 Å². The summed E-state index contributed by atoms with van der Waals surface area (Å²) >= 11 is 5.56. The van der Waals surface area contributed by atoms with Crippen molar-refractivity contribution in [3.63, 3.8) is 0 Å². The highest BCUT2D eigenvalue weighted by molar-refractivity contribution is 7.87. The number of alkyl halides is 1. The second kappa shape index (κ2) is 7.27. The first-order chi connectivity index (χ1) is 13.9. The molecular formula is C16H18ClN9O2S. The highest BCUT2D eigenvalue weighted by Gasteiger charge is 2.50. The predicted molar refractivity (Wildman–Crippen MR) is 107 cm³/mol. The van der Waals surface area contributed by atoms with E-state index in [4.69, 9.17) is 17.3 Å². The summed E-state index contributed by atoms with van der Waals surface area (Å²) in [7, 11) is -3.67. The molecule has 29 heavy (non-hydrogen) atoms. The molecule has 4 heterocycles. The fraction of sp³-hybridized carbons (Fsp3) is 0.375. The summed E-state index contributed by atoms with van der Waals surface area (Å²) in [5, 5.41) is 14.5. The largest absolute Gasteiger partial charge is 0.382 e. The number of fused-ring (bicyclic) bond motifs is 1. The van der Waals surface area contributed by atoms with Crippen molar-refractivity contribution in [2.45, 2.75) is 12.0 Å². The molecule has 0 bridgehead atoms. The number of hydrogen-bond acceptors (Lipinski definition) is 7. The molecule has 1 saturated heterocycles. The molecule has 0 spiro atoms. The fourth-order valence-corrected chi connectivity index (χ4v) is 4.99. The van der Waals surface area contributed by atoms with E-state index in [1.54, 1.807) is 17.1 Å². The molecule has 3 aromatic heterocycles. The van der Waals surface area contributed by atoms with Crippen molar-refractivity contribution in [2.24, 2.45) is 0 Å². The minimum absolute atomic E-state index is 0.0818. The Kier molecular flexibility index (Phi) is 4.91. The molecule has 0 saturated carbocycles. The van der Waals surface area contributed by atoms with E-state index in [-0.39, 0.29) is 37.8 Å². The van der Waals surface area contributed by atoms with Crippen LogP contribution in [0.3, 0.4) is 0 Å². The summed E-state index contributed by atoms with van der Waals surface area (Å²) in [5.74, 6) is 0.409. The number of nitrogens with two attached hydrogens (primary N) is 1. The SMILES string of the molecule is N#CCC1(n2cc(-c3ncnc4[nH]ccc34)c(N)n2)CN(S(=O)(=O)NCCCl)C1. The van der Waals surface area contributed by atoms with Gasteiger partial charge in [0, 0.05) is 43.3 Å². The van der Waals surface area contributed by atoms with Gasteiger partial charge in [0.2, 0.25) is 0 Å². The molecule has 0 aliphatic carbocycles. The van der Waals surface area contributed by atoms with Gasteiger partial charge in [-0.05, 0) is 6.07 Å². The van der Waals surface area contributed by atoms with Crippen LogP contribution in [0.15, 0.2) is 24.8 Å². The first-order valence-electron chi connectivity index (χ1n) is 8.72. The van der Waals surface area contributed by atoms with Gasteiger partial charge in [-0.15, -0.1) is 11.6 Å². The van der Waals surface area contributed by atoms with Crippen LogP contribution in [-0.2, 0) is 15.7 Å². The topological polar surface area (TPSA) is 159 Å². The van der Waals surface area contributed by atoms with Crippen LogP contribution in [-0.4, -0.2) is 63.0 Å². The lowest BCUT2D eigenvalue weighted by molar-refractivity contribution is 0.0710. The minimum Gasteiger partial charge on any atom is -0.382 e. The van der Waals surface area contributed by atoms with E-state index in [0.717, 1.165) is 5.39 Å². The molecule has 1 aliphatic heterocycles. The van der Waals surface area contributed by atoms with Crippen LogP contribution < -0.4 is 10.5 Å². The standard InChI is InChI=1S/C16H18ClN9O2S/c17-3-6-23-29(27,28)25-8-16(9-25,2-4-18)26-7-12(14(19)24-26)13-11-1-5-20-15(11)22-10-21-13/h1,5,7,10,23H,2-3,6,8-9H2,(H2,19,24)(H,20,21,22). The highest BCUT2D eigenvalue weighted by atomic mass is 35.5. The Morgan fingerprint density at radius 1 is 1.41 bits per heavy atom. The molecule has 4 rings (SSSR count). The number of hydrogen-bond donors (Lipinski definition) is 3. The molecule has 13 heteroatoms. The Bertz CT molecular complexity index is 1190. The third-order valence-electron chi connectivity index (χ3n) is 4.91. The van der Waals surface area contributed by atoms with Crippen LogP contribution in [0, 0.1) is 11.3 Å². The number of nitrogens with zero attached hydrogens (tertiary/aromatic N) is 6. The molecule has 11 nitrogen and oxygen atoms in total. The number of halogens is 1. The summed E-state index contributed by atoms with van der Waals surface area (Å²) in [5.41, 5.74) is 7.21. The summed E-state index contributed by atoms with van der Waals surface area (Å²) in [6.07, 6.45) is 4.97. The normalized spacial score (nSPS) is 16.6. The maximum Gasteiger partial charge on any atom is 0.279 e. The summed E-state index contributed by atoms with van der Waals surface area (Å²) in [6.45, 7) is 0.328. The maximum atomic E-state index is 12.3. The smallest absolute Gasteiger partial charge is 0.279 e. The number of anilines is 1. The molecule has 0 radical (unpaired) electrons. The van der Waals surface area contributed by atoms with Crippen LogP contribution in [0.4, 0.5) is 5.82 Å². The van der Waals surface area contributed by atoms with Crippen LogP contribution >= 0.6 is 11.6 Å². The van der Waals surface area contributed by atoms with E-state index in [1.165, 1.54) is 10.6 Å². The number of aromatic nitrogens is 5. The lowest BCUT2D eigenvalue weighted by atomic mass is 9.89. The summed E-state index contributed by atoms with van der Waals surface area (Å²) < 4.78 is 29.9. The first-order valence-corrected chi connectivity index (χ1v) is 10.7. The lowest BCUT2D eigenvalue weighted by Crippen LogP contribution is -2.66. The van der Waals surface area contributed by atoms with Gasteiger partial charge in [-0.1, -0.05) is 0 Å². The van der Waals surface area contributed by atoms with E-state index in [0.29, 0.717) is 16.9 Å². The van der Waals surface area contributed by atoms with E-state index >= 15 is 0 Å². The fourth-order valence-electron chi connectivity index (χ4n) is 3.42. The molecule has 1 fully saturated rings. The van der Waals surface area contributed by atoms with E-state index in [1.807, 2.05) is 6.07 Å². The van der Waals surface area contributed by atoms with E-state index in [2.05, 4.69) is 30.8 Å². The zero-order valence-electron chi connectivity index (χ0n) is 15.2. The van der Waals surface area contributed by atoms with Gasteiger partial charge in [0.05, 0.1) is 23.7 Å². The summed E-state index contributed by atoms with van der Waals surface area (Å²) in [6, 6.07) is 3.96. The molecule has 0 atom stereocenters. The summed E-state index contributed by atoms with van der Waals surface area (Å²) in [4.78, 5) is 11.5. The van der Waals surface area contributed by atoms with Gasteiger partial charge in [-0.25, -0.2) is 14.7 Å². The molecule has 152 valence electrons. The van der Waals surface area contributed by atoms with Gasteiger partial charge in [0.1, 0.15) is 17.5 Å². The number of rotatable bonds is 7. The second-order valence-electron chi connectivity index (χ2n) is 6.75. The lowest BCUT2D eigenvalue weighted by Gasteiger charge is -2.47. The number of nitrogens with one attached hydrogen (secondary N) is 2. The number of aromatic amines is 1. The zero-order chi connectivity index (χ0) is 20.6. The Morgan fingerprint density at radius 3 is 2.93 bits per heavy atom. The van der Waals surface area contributed by atoms with Crippen molar-refractivity contribution in [3.8, 4) is 17.3 Å². The average molecular weight is 436 g/mol. The minimum atomic E-state index is -3.67. The van der Waals surface area contributed by atoms with Crippen LogP contribution in [0.2, 0.25) is 0 Å².